The van der Waals surface area contributed by atoms with Crippen molar-refractivity contribution in [2.75, 3.05) is 12.1 Å². The van der Waals surface area contributed by atoms with Crippen LogP contribution in [0.5, 0.6) is 0 Å². The van der Waals surface area contributed by atoms with E-state index in [0.717, 1.165) is 11.3 Å². The van der Waals surface area contributed by atoms with Crippen LogP contribution in [0.2, 0.25) is 5.02 Å². The number of nitrogens with zero attached hydrogens (tertiary/aromatic N) is 2. The lowest BCUT2D eigenvalue weighted by Gasteiger charge is -2.21. The van der Waals surface area contributed by atoms with E-state index in [1.807, 2.05) is 18.3 Å². The highest BCUT2D eigenvalue weighted by Gasteiger charge is 2.24. The Bertz CT molecular complexity index is 663. The maximum atomic E-state index is 14.0. The molecular weight excluding hydrogens is 297 g/mol. The SMILES string of the molecule is Cc1cscc1C1=CN(c2c(F)cccc2Cl)NN1C. The maximum absolute atomic E-state index is 14.0. The smallest absolute Gasteiger partial charge is 0.149 e. The second kappa shape index (κ2) is 5.09. The van der Waals surface area contributed by atoms with Crippen LogP contribution in [-0.4, -0.2) is 12.1 Å². The summed E-state index contributed by atoms with van der Waals surface area (Å²) in [5.74, 6) is -0.363. The topological polar surface area (TPSA) is 18.5 Å². The molecule has 3 rings (SSSR count). The molecule has 0 bridgehead atoms. The minimum Gasteiger partial charge on any atom is -0.291 e. The van der Waals surface area contributed by atoms with Crippen LogP contribution >= 0.6 is 22.9 Å². The lowest BCUT2D eigenvalue weighted by molar-refractivity contribution is 0.373. The number of hydrazine groups is 2. The standard InChI is InChI=1S/C14H13ClFN3S/c1-9-7-20-8-10(9)13-6-19(17-18(13)2)14-11(15)4-3-5-12(14)16/h3-8,17H,1-2H3. The summed E-state index contributed by atoms with van der Waals surface area (Å²) in [6, 6.07) is 4.66. The van der Waals surface area contributed by atoms with Crippen molar-refractivity contribution in [2.45, 2.75) is 6.92 Å². The first-order chi connectivity index (χ1) is 9.58. The number of anilines is 1. The zero-order valence-corrected chi connectivity index (χ0v) is 12.6. The van der Waals surface area contributed by atoms with Crippen LogP contribution in [-0.2, 0) is 0 Å². The van der Waals surface area contributed by atoms with Crippen LogP contribution in [0, 0.1) is 12.7 Å². The number of thiophene rings is 1. The largest absolute Gasteiger partial charge is 0.291 e. The summed E-state index contributed by atoms with van der Waals surface area (Å²) in [5, 5.41) is 7.97. The molecule has 2 heterocycles. The van der Waals surface area contributed by atoms with Gasteiger partial charge in [-0.05, 0) is 30.0 Å². The first-order valence-electron chi connectivity index (χ1n) is 6.06. The molecule has 0 saturated carbocycles. The van der Waals surface area contributed by atoms with Gasteiger partial charge in [0.25, 0.3) is 0 Å². The number of halogens is 2. The fourth-order valence-electron chi connectivity index (χ4n) is 2.16. The van der Waals surface area contributed by atoms with Crippen LogP contribution in [0.25, 0.3) is 5.70 Å². The fourth-order valence-corrected chi connectivity index (χ4v) is 3.26. The maximum Gasteiger partial charge on any atom is 0.149 e. The lowest BCUT2D eigenvalue weighted by Crippen LogP contribution is -2.38. The van der Waals surface area contributed by atoms with E-state index in [1.54, 1.807) is 28.5 Å². The third-order valence-corrected chi connectivity index (χ3v) is 4.35. The van der Waals surface area contributed by atoms with Crippen molar-refractivity contribution in [3.63, 3.8) is 0 Å². The molecule has 0 spiro atoms. The molecular formula is C14H13ClFN3S. The van der Waals surface area contributed by atoms with E-state index in [9.17, 15) is 4.39 Å². The molecule has 0 amide bonds. The Hall–Kier alpha value is -1.56. The molecule has 1 N–H and O–H groups in total. The normalized spacial score (nSPS) is 14.9. The Morgan fingerprint density at radius 3 is 2.75 bits per heavy atom. The Labute approximate surface area is 125 Å². The van der Waals surface area contributed by atoms with Crippen molar-refractivity contribution in [3.8, 4) is 0 Å². The van der Waals surface area contributed by atoms with Crippen molar-refractivity contribution in [1.82, 2.24) is 10.5 Å². The van der Waals surface area contributed by atoms with E-state index >= 15 is 0 Å². The zero-order chi connectivity index (χ0) is 14.3. The van der Waals surface area contributed by atoms with Crippen molar-refractivity contribution >= 4 is 34.3 Å². The highest BCUT2D eigenvalue weighted by Crippen LogP contribution is 2.33. The van der Waals surface area contributed by atoms with E-state index in [2.05, 4.69) is 23.2 Å². The first kappa shape index (κ1) is 13.4. The molecule has 3 nitrogen and oxygen atoms in total. The van der Waals surface area contributed by atoms with Crippen LogP contribution in [0.15, 0.2) is 35.2 Å². The summed E-state index contributed by atoms with van der Waals surface area (Å²) in [7, 11) is 1.89. The quantitative estimate of drug-likeness (QED) is 0.904. The minimum atomic E-state index is -0.363. The second-order valence-corrected chi connectivity index (χ2v) is 5.73. The van der Waals surface area contributed by atoms with E-state index in [0.29, 0.717) is 10.7 Å². The van der Waals surface area contributed by atoms with Gasteiger partial charge in [0.05, 0.1) is 10.7 Å². The highest BCUT2D eigenvalue weighted by atomic mass is 35.5. The molecule has 20 heavy (non-hydrogen) atoms. The molecule has 0 unspecified atom stereocenters. The molecule has 0 saturated heterocycles. The first-order valence-corrected chi connectivity index (χ1v) is 7.38. The summed E-state index contributed by atoms with van der Waals surface area (Å²) in [6.07, 6.45) is 1.85. The molecule has 6 heteroatoms. The number of hydrogen-bond acceptors (Lipinski definition) is 4. The van der Waals surface area contributed by atoms with Gasteiger partial charge in [-0.25, -0.2) is 4.39 Å². The summed E-state index contributed by atoms with van der Waals surface area (Å²) in [6.45, 7) is 2.05. The average Bonchev–Trinajstić information content (AvgIpc) is 2.95. The van der Waals surface area contributed by atoms with Gasteiger partial charge in [0.2, 0.25) is 0 Å². The van der Waals surface area contributed by atoms with Gasteiger partial charge in [-0.15, -0.1) is 5.53 Å². The van der Waals surface area contributed by atoms with Crippen molar-refractivity contribution in [2.24, 2.45) is 0 Å². The number of para-hydroxylation sites is 1. The van der Waals surface area contributed by atoms with E-state index in [4.69, 9.17) is 11.6 Å². The predicted octanol–water partition coefficient (Wildman–Crippen LogP) is 4.02. The summed E-state index contributed by atoms with van der Waals surface area (Å²) in [5.41, 5.74) is 6.69. The zero-order valence-electron chi connectivity index (χ0n) is 11.0. The molecule has 1 aliphatic heterocycles. The Morgan fingerprint density at radius 1 is 1.30 bits per heavy atom. The van der Waals surface area contributed by atoms with Gasteiger partial charge >= 0.3 is 0 Å². The van der Waals surface area contributed by atoms with Gasteiger partial charge in [0, 0.05) is 24.2 Å². The third kappa shape index (κ3) is 2.18. The van der Waals surface area contributed by atoms with Crippen LogP contribution in [0.1, 0.15) is 11.1 Å². The molecule has 104 valence electrons. The Morgan fingerprint density at radius 2 is 2.10 bits per heavy atom. The summed E-state index contributed by atoms with van der Waals surface area (Å²) >= 11 is 7.74. The molecule has 1 aliphatic rings. The van der Waals surface area contributed by atoms with Crippen LogP contribution in [0.4, 0.5) is 10.1 Å². The van der Waals surface area contributed by atoms with Gasteiger partial charge in [-0.1, -0.05) is 17.7 Å². The van der Waals surface area contributed by atoms with Crippen molar-refractivity contribution < 1.29 is 4.39 Å². The van der Waals surface area contributed by atoms with Crippen LogP contribution in [0.3, 0.4) is 0 Å². The van der Waals surface area contributed by atoms with E-state index in [-0.39, 0.29) is 5.82 Å². The predicted molar refractivity (Wildman–Crippen MR) is 81.8 cm³/mol. The number of hydrogen-bond donors (Lipinski definition) is 1. The van der Waals surface area contributed by atoms with Crippen LogP contribution < -0.4 is 10.5 Å². The second-order valence-electron chi connectivity index (χ2n) is 4.58. The molecule has 0 fully saturated rings. The Kier molecular flexibility index (Phi) is 3.41. The van der Waals surface area contributed by atoms with Crippen molar-refractivity contribution in [1.29, 1.82) is 0 Å². The van der Waals surface area contributed by atoms with Gasteiger partial charge in [0.15, 0.2) is 0 Å². The van der Waals surface area contributed by atoms with E-state index < -0.39 is 0 Å². The third-order valence-electron chi connectivity index (χ3n) is 3.18. The highest BCUT2D eigenvalue weighted by molar-refractivity contribution is 7.08. The molecule has 0 aliphatic carbocycles. The average molecular weight is 310 g/mol. The molecule has 1 aromatic carbocycles. The Balaban J connectivity index is 2.03. The fraction of sp³-hybridized carbons (Fsp3) is 0.143. The number of benzene rings is 1. The number of rotatable bonds is 2. The molecule has 0 radical (unpaired) electrons. The number of nitrogens with one attached hydrogen (secondary N) is 1. The minimum absolute atomic E-state index is 0.323. The van der Waals surface area contributed by atoms with Crippen molar-refractivity contribution in [3.05, 3.63) is 57.1 Å². The summed E-state index contributed by atoms with van der Waals surface area (Å²) in [4.78, 5) is 0. The molecule has 0 atom stereocenters. The van der Waals surface area contributed by atoms with Gasteiger partial charge in [-0.3, -0.25) is 10.0 Å². The lowest BCUT2D eigenvalue weighted by atomic mass is 10.1. The van der Waals surface area contributed by atoms with Gasteiger partial charge < -0.3 is 0 Å². The molecule has 1 aromatic heterocycles. The molecule has 2 aromatic rings. The number of aryl methyl sites for hydroxylation is 1. The van der Waals surface area contributed by atoms with Gasteiger partial charge in [-0.2, -0.15) is 11.3 Å². The summed E-state index contributed by atoms with van der Waals surface area (Å²) < 4.78 is 14.0. The van der Waals surface area contributed by atoms with Gasteiger partial charge in [0.1, 0.15) is 11.5 Å². The van der Waals surface area contributed by atoms with E-state index in [1.165, 1.54) is 11.6 Å². The monoisotopic (exact) mass is 309 g/mol.